The van der Waals surface area contributed by atoms with Crippen molar-refractivity contribution in [2.75, 3.05) is 28.6 Å². The summed E-state index contributed by atoms with van der Waals surface area (Å²) in [7, 11) is 0. The molecule has 0 saturated heterocycles. The number of carbonyl (C=O) groups is 1. The number of hydrogen-bond donors (Lipinski definition) is 2. The Labute approximate surface area is 186 Å². The normalized spacial score (nSPS) is 11.4. The van der Waals surface area contributed by atoms with Crippen molar-refractivity contribution in [2.45, 2.75) is 41.5 Å². The Morgan fingerprint density at radius 2 is 1.74 bits per heavy atom. The third-order valence-electron chi connectivity index (χ3n) is 4.77. The molecule has 5 heteroatoms. The SMILES string of the molecule is C/C(=C\C#N)c1ccc(N(CC(C)C)CC(C)C)c(NC(=O)Nc2cccc(C)c2)c1. The lowest BCUT2D eigenvalue weighted by atomic mass is 10.0. The van der Waals surface area contributed by atoms with Gasteiger partial charge in [0.1, 0.15) is 0 Å². The van der Waals surface area contributed by atoms with Crippen molar-refractivity contribution >= 4 is 28.7 Å². The Morgan fingerprint density at radius 1 is 1.06 bits per heavy atom. The average Bonchev–Trinajstić information content (AvgIpc) is 2.66. The third kappa shape index (κ3) is 7.49. The number of aryl methyl sites for hydroxylation is 1. The van der Waals surface area contributed by atoms with Gasteiger partial charge in [-0.15, -0.1) is 0 Å². The van der Waals surface area contributed by atoms with E-state index >= 15 is 0 Å². The largest absolute Gasteiger partial charge is 0.369 e. The monoisotopic (exact) mass is 418 g/mol. The number of carbonyl (C=O) groups excluding carboxylic acids is 1. The maximum atomic E-state index is 12.8. The number of nitrogens with one attached hydrogen (secondary N) is 2. The highest BCUT2D eigenvalue weighted by atomic mass is 16.2. The van der Waals surface area contributed by atoms with Crippen LogP contribution < -0.4 is 15.5 Å². The number of anilines is 3. The second-order valence-corrected chi connectivity index (χ2v) is 8.83. The van der Waals surface area contributed by atoms with Crippen LogP contribution in [-0.4, -0.2) is 19.1 Å². The molecular weight excluding hydrogens is 384 g/mol. The van der Waals surface area contributed by atoms with E-state index in [0.717, 1.165) is 46.9 Å². The van der Waals surface area contributed by atoms with E-state index < -0.39 is 0 Å². The summed E-state index contributed by atoms with van der Waals surface area (Å²) >= 11 is 0. The van der Waals surface area contributed by atoms with Gasteiger partial charge in [-0.3, -0.25) is 0 Å². The number of nitriles is 1. The first-order chi connectivity index (χ1) is 14.7. The van der Waals surface area contributed by atoms with Crippen molar-refractivity contribution in [3.05, 3.63) is 59.7 Å². The highest BCUT2D eigenvalue weighted by Gasteiger charge is 2.17. The summed E-state index contributed by atoms with van der Waals surface area (Å²) in [6, 6.07) is 15.5. The second-order valence-electron chi connectivity index (χ2n) is 8.83. The number of nitrogens with zero attached hydrogens (tertiary/aromatic N) is 2. The summed E-state index contributed by atoms with van der Waals surface area (Å²) in [5.74, 6) is 0.959. The Kier molecular flexibility index (Phi) is 8.69. The molecule has 2 rings (SSSR count). The number of allylic oxidation sites excluding steroid dienone is 2. The molecule has 0 bridgehead atoms. The standard InChI is InChI=1S/C26H34N4O/c1-18(2)16-30(17-19(3)4)25-11-10-22(21(6)12-13-27)15-24(25)29-26(31)28-23-9-7-8-20(5)14-23/h7-12,14-15,18-19H,16-17H2,1-6H3,(H2,28,29,31)/b21-12+. The molecule has 2 amide bonds. The van der Waals surface area contributed by atoms with Crippen LogP contribution in [0, 0.1) is 30.1 Å². The fourth-order valence-electron chi connectivity index (χ4n) is 3.50. The molecule has 164 valence electrons. The van der Waals surface area contributed by atoms with E-state index in [0.29, 0.717) is 11.8 Å². The number of urea groups is 1. The summed E-state index contributed by atoms with van der Waals surface area (Å²) in [6.07, 6.45) is 1.52. The Bertz CT molecular complexity index is 960. The second kappa shape index (κ2) is 11.2. The molecule has 0 aliphatic rings. The van der Waals surface area contributed by atoms with Crippen molar-refractivity contribution in [3.8, 4) is 6.07 Å². The Balaban J connectivity index is 2.41. The van der Waals surface area contributed by atoms with E-state index in [4.69, 9.17) is 5.26 Å². The maximum absolute atomic E-state index is 12.8. The van der Waals surface area contributed by atoms with Crippen molar-refractivity contribution in [1.82, 2.24) is 0 Å². The summed E-state index contributed by atoms with van der Waals surface area (Å²) in [4.78, 5) is 15.1. The van der Waals surface area contributed by atoms with Crippen LogP contribution in [0.15, 0.2) is 48.5 Å². The molecule has 0 saturated carbocycles. The zero-order chi connectivity index (χ0) is 23.0. The van der Waals surface area contributed by atoms with Crippen LogP contribution >= 0.6 is 0 Å². The number of amides is 2. The summed E-state index contributed by atoms with van der Waals surface area (Å²) in [6.45, 7) is 14.4. The molecule has 5 nitrogen and oxygen atoms in total. The minimum atomic E-state index is -0.292. The van der Waals surface area contributed by atoms with Crippen LogP contribution in [-0.2, 0) is 0 Å². The molecule has 0 unspecified atom stereocenters. The van der Waals surface area contributed by atoms with Gasteiger partial charge in [-0.1, -0.05) is 45.9 Å². The van der Waals surface area contributed by atoms with Crippen LogP contribution in [0.25, 0.3) is 5.57 Å². The van der Waals surface area contributed by atoms with Gasteiger partial charge in [0.2, 0.25) is 0 Å². The van der Waals surface area contributed by atoms with Crippen LogP contribution in [0.2, 0.25) is 0 Å². The van der Waals surface area contributed by atoms with Gasteiger partial charge >= 0.3 is 6.03 Å². The summed E-state index contributed by atoms with van der Waals surface area (Å²) in [5.41, 5.74) is 5.31. The lowest BCUT2D eigenvalue weighted by Gasteiger charge is -2.30. The van der Waals surface area contributed by atoms with E-state index in [1.807, 2.05) is 56.3 Å². The molecule has 0 radical (unpaired) electrons. The molecule has 2 aromatic rings. The molecular formula is C26H34N4O. The molecule has 0 atom stereocenters. The average molecular weight is 419 g/mol. The van der Waals surface area contributed by atoms with Crippen LogP contribution in [0.4, 0.5) is 21.9 Å². The number of hydrogen-bond acceptors (Lipinski definition) is 3. The molecule has 0 spiro atoms. The van der Waals surface area contributed by atoms with Crippen molar-refractivity contribution in [2.24, 2.45) is 11.8 Å². The lowest BCUT2D eigenvalue weighted by Crippen LogP contribution is -2.32. The minimum absolute atomic E-state index is 0.292. The van der Waals surface area contributed by atoms with E-state index in [1.54, 1.807) is 0 Å². The van der Waals surface area contributed by atoms with E-state index in [1.165, 1.54) is 6.08 Å². The quantitative estimate of drug-likeness (QED) is 0.470. The van der Waals surface area contributed by atoms with E-state index in [2.05, 4.69) is 49.3 Å². The van der Waals surface area contributed by atoms with Crippen LogP contribution in [0.3, 0.4) is 0 Å². The van der Waals surface area contributed by atoms with Gasteiger partial charge in [-0.05, 0) is 66.6 Å². The molecule has 0 heterocycles. The highest BCUT2D eigenvalue weighted by Crippen LogP contribution is 2.31. The van der Waals surface area contributed by atoms with Crippen LogP contribution in [0.1, 0.15) is 45.7 Å². The van der Waals surface area contributed by atoms with Gasteiger partial charge in [0.05, 0.1) is 17.4 Å². The van der Waals surface area contributed by atoms with E-state index in [-0.39, 0.29) is 6.03 Å². The number of benzene rings is 2. The van der Waals surface area contributed by atoms with E-state index in [9.17, 15) is 4.79 Å². The van der Waals surface area contributed by atoms with Crippen molar-refractivity contribution in [1.29, 1.82) is 5.26 Å². The lowest BCUT2D eigenvalue weighted by molar-refractivity contribution is 0.262. The smallest absolute Gasteiger partial charge is 0.323 e. The Morgan fingerprint density at radius 3 is 2.32 bits per heavy atom. The fourth-order valence-corrected chi connectivity index (χ4v) is 3.50. The first-order valence-electron chi connectivity index (χ1n) is 10.8. The fraction of sp³-hybridized carbons (Fsp3) is 0.385. The van der Waals surface area contributed by atoms with Gasteiger partial charge in [-0.25, -0.2) is 4.79 Å². The zero-order valence-corrected chi connectivity index (χ0v) is 19.5. The predicted octanol–water partition coefficient (Wildman–Crippen LogP) is 6.68. The van der Waals surface area contributed by atoms with Gasteiger partial charge in [-0.2, -0.15) is 5.26 Å². The first kappa shape index (κ1) is 24.0. The zero-order valence-electron chi connectivity index (χ0n) is 19.5. The molecule has 0 aromatic heterocycles. The molecule has 2 N–H and O–H groups in total. The summed E-state index contributed by atoms with van der Waals surface area (Å²) < 4.78 is 0. The van der Waals surface area contributed by atoms with Gasteiger partial charge in [0, 0.05) is 24.9 Å². The first-order valence-corrected chi connectivity index (χ1v) is 10.8. The van der Waals surface area contributed by atoms with Crippen molar-refractivity contribution in [3.63, 3.8) is 0 Å². The van der Waals surface area contributed by atoms with Gasteiger partial charge in [0.25, 0.3) is 0 Å². The van der Waals surface area contributed by atoms with Gasteiger partial charge in [0.15, 0.2) is 0 Å². The predicted molar refractivity (Wildman–Crippen MR) is 131 cm³/mol. The van der Waals surface area contributed by atoms with Crippen LogP contribution in [0.5, 0.6) is 0 Å². The molecule has 31 heavy (non-hydrogen) atoms. The van der Waals surface area contributed by atoms with Crippen molar-refractivity contribution < 1.29 is 4.79 Å². The third-order valence-corrected chi connectivity index (χ3v) is 4.77. The Hall–Kier alpha value is -3.26. The molecule has 0 aliphatic heterocycles. The van der Waals surface area contributed by atoms with Gasteiger partial charge < -0.3 is 15.5 Å². The highest BCUT2D eigenvalue weighted by molar-refractivity contribution is 6.02. The molecule has 0 fully saturated rings. The minimum Gasteiger partial charge on any atom is -0.369 e. The maximum Gasteiger partial charge on any atom is 0.323 e. The number of rotatable bonds is 8. The topological polar surface area (TPSA) is 68.2 Å². The molecule has 2 aromatic carbocycles. The summed E-state index contributed by atoms with van der Waals surface area (Å²) in [5, 5.41) is 15.0. The molecule has 0 aliphatic carbocycles.